The van der Waals surface area contributed by atoms with Crippen LogP contribution in [0.1, 0.15) is 0 Å². The summed E-state index contributed by atoms with van der Waals surface area (Å²) in [6.07, 6.45) is 1.69. The predicted molar refractivity (Wildman–Crippen MR) is 66.3 cm³/mol. The molecule has 0 aliphatic heterocycles. The van der Waals surface area contributed by atoms with E-state index in [0.717, 1.165) is 17.0 Å². The van der Waals surface area contributed by atoms with Gasteiger partial charge in [-0.3, -0.25) is 0 Å². The first kappa shape index (κ1) is 13.5. The molecule has 0 aromatic heterocycles. The molecule has 5 nitrogen and oxygen atoms in total. The van der Waals surface area contributed by atoms with Crippen LogP contribution in [0.3, 0.4) is 0 Å². The van der Waals surface area contributed by atoms with E-state index in [1.165, 1.54) is 12.1 Å². The van der Waals surface area contributed by atoms with Crippen LogP contribution in [-0.4, -0.2) is 29.3 Å². The first-order chi connectivity index (χ1) is 7.12. The maximum atomic E-state index is 11.4. The smallest absolute Gasteiger partial charge is 0.206 e. The fourth-order valence-corrected chi connectivity index (χ4v) is 4.43. The van der Waals surface area contributed by atoms with Crippen molar-refractivity contribution in [2.24, 2.45) is 0 Å². The normalized spacial score (nSPS) is 12.4. The second kappa shape index (κ2) is 4.34. The second-order valence-electron chi connectivity index (χ2n) is 3.20. The van der Waals surface area contributed by atoms with Crippen molar-refractivity contribution in [3.05, 3.63) is 28.7 Å². The van der Waals surface area contributed by atoms with Crippen LogP contribution in [0.2, 0.25) is 0 Å². The van der Waals surface area contributed by atoms with Crippen LogP contribution in [0, 0.1) is 0 Å². The van der Waals surface area contributed by atoms with Gasteiger partial charge in [-0.2, -0.15) is 3.71 Å². The lowest BCUT2D eigenvalue weighted by atomic mass is 10.3. The maximum Gasteiger partial charge on any atom is 0.245 e. The van der Waals surface area contributed by atoms with Crippen molar-refractivity contribution in [1.29, 1.82) is 0 Å². The molecule has 1 rings (SSSR count). The van der Waals surface area contributed by atoms with E-state index in [0.29, 0.717) is 3.71 Å². The molecule has 8 heteroatoms. The van der Waals surface area contributed by atoms with Gasteiger partial charge >= 0.3 is 0 Å². The monoisotopic (exact) mass is 327 g/mol. The van der Waals surface area contributed by atoms with Crippen LogP contribution in [-0.2, 0) is 20.0 Å². The minimum Gasteiger partial charge on any atom is -0.206 e. The van der Waals surface area contributed by atoms with Gasteiger partial charge in [0.05, 0.1) is 18.2 Å². The Kier molecular flexibility index (Phi) is 3.65. The van der Waals surface area contributed by atoms with E-state index in [-0.39, 0.29) is 5.69 Å². The van der Waals surface area contributed by atoms with Crippen molar-refractivity contribution >= 4 is 41.7 Å². The summed E-state index contributed by atoms with van der Waals surface area (Å²) in [5.41, 5.74) is 0.0909. The number of nitrogens with zero attached hydrogens (tertiary/aromatic N) is 1. The summed E-state index contributed by atoms with van der Waals surface area (Å²) in [7, 11) is -7.72. The minimum atomic E-state index is -3.86. The van der Waals surface area contributed by atoms with Gasteiger partial charge < -0.3 is 0 Å². The number of halogens is 1. The Labute approximate surface area is 103 Å². The Hall–Kier alpha value is -0.600. The molecule has 0 saturated heterocycles. The fraction of sp³-hybridized carbons (Fsp3) is 0.250. The molecular weight excluding hydrogens is 318 g/mol. The zero-order valence-corrected chi connectivity index (χ0v) is 11.8. The van der Waals surface area contributed by atoms with Gasteiger partial charge in [-0.25, -0.2) is 16.8 Å². The molecule has 0 atom stereocenters. The van der Waals surface area contributed by atoms with Crippen molar-refractivity contribution in [3.8, 4) is 0 Å². The standard InChI is InChI=1S/C8H10BrNO4S2/c1-15(11,12)10(16(2,13)14)8-5-3-7(9)4-6-8/h3-6H,1-2H3. The van der Waals surface area contributed by atoms with E-state index in [1.807, 2.05) is 0 Å². The third kappa shape index (κ3) is 3.19. The van der Waals surface area contributed by atoms with Gasteiger partial charge in [-0.1, -0.05) is 15.9 Å². The van der Waals surface area contributed by atoms with Crippen molar-refractivity contribution in [2.45, 2.75) is 0 Å². The molecule has 0 aliphatic carbocycles. The van der Waals surface area contributed by atoms with E-state index < -0.39 is 20.0 Å². The van der Waals surface area contributed by atoms with Crippen molar-refractivity contribution in [1.82, 2.24) is 0 Å². The zero-order chi connectivity index (χ0) is 12.6. The Morgan fingerprint density at radius 2 is 1.31 bits per heavy atom. The number of hydrogen-bond donors (Lipinski definition) is 0. The van der Waals surface area contributed by atoms with Crippen LogP contribution >= 0.6 is 15.9 Å². The SMILES string of the molecule is CS(=O)(=O)N(c1ccc(Br)cc1)S(C)(=O)=O. The molecular formula is C8H10BrNO4S2. The van der Waals surface area contributed by atoms with Gasteiger partial charge in [0.15, 0.2) is 0 Å². The average Bonchev–Trinajstić information content (AvgIpc) is 2.03. The van der Waals surface area contributed by atoms with Gasteiger partial charge in [0.1, 0.15) is 0 Å². The number of anilines is 1. The van der Waals surface area contributed by atoms with E-state index in [4.69, 9.17) is 0 Å². The van der Waals surface area contributed by atoms with Gasteiger partial charge in [0.2, 0.25) is 20.0 Å². The zero-order valence-electron chi connectivity index (χ0n) is 8.58. The molecule has 0 saturated carbocycles. The lowest BCUT2D eigenvalue weighted by molar-refractivity contribution is 0.590. The van der Waals surface area contributed by atoms with Crippen LogP contribution in [0.5, 0.6) is 0 Å². The van der Waals surface area contributed by atoms with E-state index in [9.17, 15) is 16.8 Å². The molecule has 0 aliphatic rings. The van der Waals surface area contributed by atoms with Crippen molar-refractivity contribution in [3.63, 3.8) is 0 Å². The van der Waals surface area contributed by atoms with Crippen molar-refractivity contribution in [2.75, 3.05) is 16.2 Å². The number of sulfonamides is 2. The molecule has 0 amide bonds. The highest BCUT2D eigenvalue weighted by molar-refractivity contribution is 9.10. The third-order valence-corrected chi connectivity index (χ3v) is 5.42. The Balaban J connectivity index is 3.41. The highest BCUT2D eigenvalue weighted by Gasteiger charge is 2.26. The predicted octanol–water partition coefficient (Wildman–Crippen LogP) is 1.17. The van der Waals surface area contributed by atoms with Gasteiger partial charge in [0.25, 0.3) is 0 Å². The molecule has 0 radical (unpaired) electrons. The molecule has 0 unspecified atom stereocenters. The maximum absolute atomic E-state index is 11.4. The summed E-state index contributed by atoms with van der Waals surface area (Å²) >= 11 is 3.18. The largest absolute Gasteiger partial charge is 0.245 e. The number of rotatable bonds is 3. The molecule has 1 aromatic rings. The quantitative estimate of drug-likeness (QED) is 0.835. The first-order valence-corrected chi connectivity index (χ1v) is 8.57. The Morgan fingerprint density at radius 3 is 1.62 bits per heavy atom. The molecule has 0 fully saturated rings. The molecule has 0 bridgehead atoms. The molecule has 0 spiro atoms. The Bertz CT molecular complexity index is 545. The van der Waals surface area contributed by atoms with Crippen LogP contribution in [0.4, 0.5) is 5.69 Å². The summed E-state index contributed by atoms with van der Waals surface area (Å²) in [6, 6.07) is 5.95. The molecule has 1 aromatic carbocycles. The minimum absolute atomic E-state index is 0.0909. The summed E-state index contributed by atoms with van der Waals surface area (Å²) in [5.74, 6) is 0. The third-order valence-electron chi connectivity index (χ3n) is 1.64. The molecule has 0 N–H and O–H groups in total. The first-order valence-electron chi connectivity index (χ1n) is 4.08. The number of hydrogen-bond acceptors (Lipinski definition) is 4. The second-order valence-corrected chi connectivity index (χ2v) is 8.01. The summed E-state index contributed by atoms with van der Waals surface area (Å²) in [6.45, 7) is 0. The van der Waals surface area contributed by atoms with Crippen molar-refractivity contribution < 1.29 is 16.8 Å². The van der Waals surface area contributed by atoms with E-state index in [1.54, 1.807) is 12.1 Å². The lowest BCUT2D eigenvalue weighted by Crippen LogP contribution is -2.35. The van der Waals surface area contributed by atoms with Gasteiger partial charge in [-0.15, -0.1) is 0 Å². The van der Waals surface area contributed by atoms with E-state index in [2.05, 4.69) is 15.9 Å². The van der Waals surface area contributed by atoms with Crippen LogP contribution in [0.15, 0.2) is 28.7 Å². The molecule has 16 heavy (non-hydrogen) atoms. The topological polar surface area (TPSA) is 71.5 Å². The highest BCUT2D eigenvalue weighted by Crippen LogP contribution is 2.22. The van der Waals surface area contributed by atoms with Gasteiger partial charge in [-0.05, 0) is 24.3 Å². The Morgan fingerprint density at radius 1 is 0.938 bits per heavy atom. The summed E-state index contributed by atoms with van der Waals surface area (Å²) < 4.78 is 46.7. The molecule has 90 valence electrons. The summed E-state index contributed by atoms with van der Waals surface area (Å²) in [5, 5.41) is 0. The van der Waals surface area contributed by atoms with Crippen LogP contribution < -0.4 is 3.71 Å². The average molecular weight is 328 g/mol. The highest BCUT2D eigenvalue weighted by atomic mass is 79.9. The molecule has 0 heterocycles. The lowest BCUT2D eigenvalue weighted by Gasteiger charge is -2.19. The van der Waals surface area contributed by atoms with Crippen LogP contribution in [0.25, 0.3) is 0 Å². The van der Waals surface area contributed by atoms with Gasteiger partial charge in [0, 0.05) is 4.47 Å². The van der Waals surface area contributed by atoms with E-state index >= 15 is 0 Å². The summed E-state index contributed by atoms with van der Waals surface area (Å²) in [4.78, 5) is 0. The fourth-order valence-electron chi connectivity index (χ4n) is 1.19. The number of benzene rings is 1.